The summed E-state index contributed by atoms with van der Waals surface area (Å²) in [7, 11) is 1.25. The standard InChI is InChI=1S/C16H23NO4/c1-3-4-5-6-11-21-14-9-7-13(8-10-14)17-15(18)12-16(19)20-2/h7-10H,3-6,11-12H2,1-2H3,(H,17,18). The van der Waals surface area contributed by atoms with E-state index in [1.54, 1.807) is 24.3 Å². The number of hydrogen-bond donors (Lipinski definition) is 1. The molecule has 1 N–H and O–H groups in total. The van der Waals surface area contributed by atoms with Crippen molar-refractivity contribution >= 4 is 17.6 Å². The molecular formula is C16H23NO4. The maximum Gasteiger partial charge on any atom is 0.315 e. The second-order valence-corrected chi connectivity index (χ2v) is 4.73. The summed E-state index contributed by atoms with van der Waals surface area (Å²) < 4.78 is 10.0. The smallest absolute Gasteiger partial charge is 0.315 e. The largest absolute Gasteiger partial charge is 0.494 e. The Labute approximate surface area is 125 Å². The molecule has 0 aliphatic heterocycles. The number of carbonyl (C=O) groups is 2. The summed E-state index contributed by atoms with van der Waals surface area (Å²) in [6.45, 7) is 2.88. The van der Waals surface area contributed by atoms with E-state index in [9.17, 15) is 9.59 Å². The van der Waals surface area contributed by atoms with Crippen molar-refractivity contribution in [3.05, 3.63) is 24.3 Å². The molecule has 0 saturated heterocycles. The van der Waals surface area contributed by atoms with Gasteiger partial charge in [-0.25, -0.2) is 0 Å². The summed E-state index contributed by atoms with van der Waals surface area (Å²) in [5.41, 5.74) is 0.627. The van der Waals surface area contributed by atoms with Crippen molar-refractivity contribution in [2.45, 2.75) is 39.0 Å². The molecular weight excluding hydrogens is 270 g/mol. The monoisotopic (exact) mass is 293 g/mol. The molecule has 0 saturated carbocycles. The third-order valence-electron chi connectivity index (χ3n) is 2.94. The fourth-order valence-electron chi connectivity index (χ4n) is 1.76. The topological polar surface area (TPSA) is 64.6 Å². The van der Waals surface area contributed by atoms with Gasteiger partial charge in [0, 0.05) is 5.69 Å². The van der Waals surface area contributed by atoms with Crippen LogP contribution in [0.15, 0.2) is 24.3 Å². The Morgan fingerprint density at radius 2 is 1.81 bits per heavy atom. The van der Waals surface area contributed by atoms with Gasteiger partial charge >= 0.3 is 5.97 Å². The average Bonchev–Trinajstić information content (AvgIpc) is 2.48. The van der Waals surface area contributed by atoms with Crippen LogP contribution >= 0.6 is 0 Å². The van der Waals surface area contributed by atoms with Crippen molar-refractivity contribution in [1.29, 1.82) is 0 Å². The van der Waals surface area contributed by atoms with Gasteiger partial charge in [-0.1, -0.05) is 26.2 Å². The Bertz CT molecular complexity index is 442. The Balaban J connectivity index is 2.33. The lowest BCUT2D eigenvalue weighted by molar-refractivity contribution is -0.142. The van der Waals surface area contributed by atoms with E-state index in [1.165, 1.54) is 26.4 Å². The van der Waals surface area contributed by atoms with Gasteiger partial charge in [-0.2, -0.15) is 0 Å². The summed E-state index contributed by atoms with van der Waals surface area (Å²) in [6, 6.07) is 7.09. The number of methoxy groups -OCH3 is 1. The molecule has 0 aliphatic carbocycles. The van der Waals surface area contributed by atoms with Crippen molar-refractivity contribution in [3.8, 4) is 5.75 Å². The molecule has 0 heterocycles. The van der Waals surface area contributed by atoms with E-state index in [1.807, 2.05) is 0 Å². The lowest BCUT2D eigenvalue weighted by Gasteiger charge is -2.08. The van der Waals surface area contributed by atoms with Crippen LogP contribution < -0.4 is 10.1 Å². The third-order valence-corrected chi connectivity index (χ3v) is 2.94. The highest BCUT2D eigenvalue weighted by molar-refractivity contribution is 6.01. The number of anilines is 1. The Hall–Kier alpha value is -2.04. The van der Waals surface area contributed by atoms with E-state index < -0.39 is 11.9 Å². The van der Waals surface area contributed by atoms with Crippen LogP contribution in [-0.2, 0) is 14.3 Å². The molecule has 21 heavy (non-hydrogen) atoms. The van der Waals surface area contributed by atoms with Crippen LogP contribution in [0.4, 0.5) is 5.69 Å². The zero-order valence-corrected chi connectivity index (χ0v) is 12.7. The van der Waals surface area contributed by atoms with Crippen molar-refractivity contribution in [2.75, 3.05) is 19.0 Å². The average molecular weight is 293 g/mol. The molecule has 0 spiro atoms. The van der Waals surface area contributed by atoms with E-state index in [0.717, 1.165) is 12.2 Å². The van der Waals surface area contributed by atoms with Gasteiger partial charge in [0.05, 0.1) is 13.7 Å². The number of unbranched alkanes of at least 4 members (excludes halogenated alkanes) is 3. The van der Waals surface area contributed by atoms with Crippen LogP contribution in [0, 0.1) is 0 Å². The lowest BCUT2D eigenvalue weighted by atomic mass is 10.2. The first-order valence-corrected chi connectivity index (χ1v) is 7.25. The molecule has 5 heteroatoms. The van der Waals surface area contributed by atoms with Crippen LogP contribution in [0.2, 0.25) is 0 Å². The first-order chi connectivity index (χ1) is 10.2. The van der Waals surface area contributed by atoms with E-state index >= 15 is 0 Å². The first-order valence-electron chi connectivity index (χ1n) is 7.25. The summed E-state index contributed by atoms with van der Waals surface area (Å²) in [4.78, 5) is 22.5. The minimum atomic E-state index is -0.556. The summed E-state index contributed by atoms with van der Waals surface area (Å²) in [5.74, 6) is -0.174. The number of carbonyl (C=O) groups excluding carboxylic acids is 2. The molecule has 0 unspecified atom stereocenters. The van der Waals surface area contributed by atoms with E-state index in [0.29, 0.717) is 12.3 Å². The highest BCUT2D eigenvalue weighted by Crippen LogP contribution is 2.16. The number of amides is 1. The molecule has 1 rings (SSSR count). The lowest BCUT2D eigenvalue weighted by Crippen LogP contribution is -2.17. The zero-order valence-electron chi connectivity index (χ0n) is 12.7. The number of esters is 1. The molecule has 0 bridgehead atoms. The maximum atomic E-state index is 11.5. The summed E-state index contributed by atoms with van der Waals surface area (Å²) in [6.07, 6.45) is 4.38. The van der Waals surface area contributed by atoms with Crippen LogP contribution in [0.1, 0.15) is 39.0 Å². The van der Waals surface area contributed by atoms with Gasteiger partial charge in [0.2, 0.25) is 5.91 Å². The fraction of sp³-hybridized carbons (Fsp3) is 0.500. The van der Waals surface area contributed by atoms with Gasteiger partial charge in [0.15, 0.2) is 0 Å². The van der Waals surface area contributed by atoms with Gasteiger partial charge in [-0.05, 0) is 30.7 Å². The van der Waals surface area contributed by atoms with Crippen LogP contribution in [0.25, 0.3) is 0 Å². The Morgan fingerprint density at radius 1 is 1.10 bits per heavy atom. The van der Waals surface area contributed by atoms with Crippen molar-refractivity contribution in [3.63, 3.8) is 0 Å². The molecule has 5 nitrogen and oxygen atoms in total. The highest BCUT2D eigenvalue weighted by atomic mass is 16.5. The molecule has 116 valence electrons. The van der Waals surface area contributed by atoms with Crippen LogP contribution in [0.5, 0.6) is 5.75 Å². The minimum absolute atomic E-state index is 0.286. The molecule has 1 amide bonds. The Morgan fingerprint density at radius 3 is 2.43 bits per heavy atom. The van der Waals surface area contributed by atoms with Crippen LogP contribution in [0.3, 0.4) is 0 Å². The van der Waals surface area contributed by atoms with Crippen molar-refractivity contribution in [1.82, 2.24) is 0 Å². The molecule has 0 aromatic heterocycles. The van der Waals surface area contributed by atoms with Gasteiger partial charge in [-0.3, -0.25) is 9.59 Å². The second-order valence-electron chi connectivity index (χ2n) is 4.73. The van der Waals surface area contributed by atoms with Gasteiger partial charge < -0.3 is 14.8 Å². The Kier molecular flexibility index (Phi) is 7.94. The highest BCUT2D eigenvalue weighted by Gasteiger charge is 2.09. The number of hydrogen-bond acceptors (Lipinski definition) is 4. The fourth-order valence-corrected chi connectivity index (χ4v) is 1.76. The molecule has 0 aliphatic rings. The molecule has 1 aromatic carbocycles. The summed E-state index contributed by atoms with van der Waals surface area (Å²) in [5, 5.41) is 2.62. The molecule has 0 radical (unpaired) electrons. The van der Waals surface area contributed by atoms with E-state index in [4.69, 9.17) is 4.74 Å². The molecule has 0 atom stereocenters. The maximum absolute atomic E-state index is 11.5. The second kappa shape index (κ2) is 9.80. The SMILES string of the molecule is CCCCCCOc1ccc(NC(=O)CC(=O)OC)cc1. The predicted octanol–water partition coefficient (Wildman–Crippen LogP) is 3.15. The molecule has 0 fully saturated rings. The van der Waals surface area contributed by atoms with Crippen molar-refractivity contribution in [2.24, 2.45) is 0 Å². The van der Waals surface area contributed by atoms with E-state index in [-0.39, 0.29) is 6.42 Å². The van der Waals surface area contributed by atoms with Crippen molar-refractivity contribution < 1.29 is 19.1 Å². The minimum Gasteiger partial charge on any atom is -0.494 e. The third kappa shape index (κ3) is 7.34. The van der Waals surface area contributed by atoms with E-state index in [2.05, 4.69) is 17.0 Å². The zero-order chi connectivity index (χ0) is 15.5. The quantitative estimate of drug-likeness (QED) is 0.431. The predicted molar refractivity (Wildman–Crippen MR) is 81.3 cm³/mol. The number of benzene rings is 1. The number of rotatable bonds is 9. The first kappa shape index (κ1) is 17.0. The number of nitrogens with one attached hydrogen (secondary N) is 1. The summed E-state index contributed by atoms with van der Waals surface area (Å²) >= 11 is 0. The number of ether oxygens (including phenoxy) is 2. The normalized spacial score (nSPS) is 10.0. The van der Waals surface area contributed by atoms with Gasteiger partial charge in [0.1, 0.15) is 12.2 Å². The van der Waals surface area contributed by atoms with Gasteiger partial charge in [-0.15, -0.1) is 0 Å². The van der Waals surface area contributed by atoms with Gasteiger partial charge in [0.25, 0.3) is 0 Å². The van der Waals surface area contributed by atoms with Crippen LogP contribution in [-0.4, -0.2) is 25.6 Å². The molecule has 1 aromatic rings.